The fraction of sp³-hybridized carbons (Fsp3) is 0.647. The largest absolute Gasteiger partial charge is 0.363 e. The summed E-state index contributed by atoms with van der Waals surface area (Å²) in [7, 11) is -1.68. The van der Waals surface area contributed by atoms with Gasteiger partial charge in [-0.25, -0.2) is 8.42 Å². The van der Waals surface area contributed by atoms with Gasteiger partial charge in [0.1, 0.15) is 5.69 Å². The van der Waals surface area contributed by atoms with E-state index in [-0.39, 0.29) is 10.6 Å². The van der Waals surface area contributed by atoms with Crippen molar-refractivity contribution in [2.24, 2.45) is 0 Å². The Morgan fingerprint density at radius 2 is 1.58 bits per heavy atom. The summed E-state index contributed by atoms with van der Waals surface area (Å²) in [6.07, 6.45) is 3.71. The molecule has 0 unspecified atom stereocenters. The molecule has 0 radical (unpaired) electrons. The maximum Gasteiger partial charge on any atom is 0.293 e. The lowest BCUT2D eigenvalue weighted by Crippen LogP contribution is -2.44. The lowest BCUT2D eigenvalue weighted by atomic mass is 10.2. The van der Waals surface area contributed by atoms with Crippen molar-refractivity contribution in [1.82, 2.24) is 9.21 Å². The maximum atomic E-state index is 12.9. The van der Waals surface area contributed by atoms with Gasteiger partial charge in [-0.05, 0) is 32.0 Å². The first-order valence-electron chi connectivity index (χ1n) is 9.12. The third-order valence-electron chi connectivity index (χ3n) is 5.19. The quantitative estimate of drug-likeness (QED) is 0.584. The molecule has 0 amide bonds. The average Bonchev–Trinajstić information content (AvgIpc) is 2.92. The molecule has 2 saturated heterocycles. The van der Waals surface area contributed by atoms with E-state index >= 15 is 0 Å². The smallest absolute Gasteiger partial charge is 0.293 e. The SMILES string of the molecule is CN1CCN(c2ccc(S(=O)(=O)N3CCCCCC3)cc2[N+](=O)[O-])CC1. The lowest BCUT2D eigenvalue weighted by Gasteiger charge is -2.33. The second-order valence-electron chi connectivity index (χ2n) is 7.02. The molecular formula is C17H26N4O4S. The number of hydrogen-bond acceptors (Lipinski definition) is 6. The monoisotopic (exact) mass is 382 g/mol. The molecule has 0 bridgehead atoms. The molecule has 2 fully saturated rings. The standard InChI is InChI=1S/C17H26N4O4S/c1-18-10-12-19(13-11-18)16-7-6-15(14-17(16)21(22)23)26(24,25)20-8-4-2-3-5-9-20/h6-7,14H,2-5,8-13H2,1H3. The van der Waals surface area contributed by atoms with Crippen molar-refractivity contribution < 1.29 is 13.3 Å². The van der Waals surface area contributed by atoms with Crippen LogP contribution in [0, 0.1) is 10.1 Å². The number of hydrogen-bond donors (Lipinski definition) is 0. The van der Waals surface area contributed by atoms with Gasteiger partial charge in [-0.1, -0.05) is 12.8 Å². The minimum absolute atomic E-state index is 0.0176. The zero-order valence-corrected chi connectivity index (χ0v) is 15.9. The molecule has 3 rings (SSSR count). The van der Waals surface area contributed by atoms with Crippen LogP contribution in [-0.2, 0) is 10.0 Å². The zero-order chi connectivity index (χ0) is 18.7. The third-order valence-corrected chi connectivity index (χ3v) is 7.08. The molecule has 2 aliphatic heterocycles. The van der Waals surface area contributed by atoms with Gasteiger partial charge in [0.25, 0.3) is 5.69 Å². The molecule has 8 nitrogen and oxygen atoms in total. The molecule has 0 aromatic heterocycles. The van der Waals surface area contributed by atoms with Gasteiger partial charge in [-0.2, -0.15) is 4.31 Å². The van der Waals surface area contributed by atoms with Crippen molar-refractivity contribution >= 4 is 21.4 Å². The average molecular weight is 382 g/mol. The minimum Gasteiger partial charge on any atom is -0.363 e. The number of piperazine rings is 1. The first-order valence-corrected chi connectivity index (χ1v) is 10.6. The molecule has 1 aromatic carbocycles. The summed E-state index contributed by atoms with van der Waals surface area (Å²) in [5.74, 6) is 0. The van der Waals surface area contributed by atoms with Gasteiger partial charge < -0.3 is 9.80 Å². The Balaban J connectivity index is 1.91. The van der Waals surface area contributed by atoms with E-state index in [0.717, 1.165) is 38.8 Å². The van der Waals surface area contributed by atoms with E-state index in [9.17, 15) is 18.5 Å². The zero-order valence-electron chi connectivity index (χ0n) is 15.1. The van der Waals surface area contributed by atoms with Crippen molar-refractivity contribution in [3.8, 4) is 0 Å². The highest BCUT2D eigenvalue weighted by atomic mass is 32.2. The maximum absolute atomic E-state index is 12.9. The Hall–Kier alpha value is -1.71. The Morgan fingerprint density at radius 1 is 0.962 bits per heavy atom. The molecule has 26 heavy (non-hydrogen) atoms. The van der Waals surface area contributed by atoms with Crippen LogP contribution in [0.5, 0.6) is 0 Å². The Kier molecular flexibility index (Phi) is 5.79. The molecule has 1 aromatic rings. The van der Waals surface area contributed by atoms with E-state index in [1.807, 2.05) is 11.9 Å². The summed E-state index contributed by atoms with van der Waals surface area (Å²) in [5, 5.41) is 11.6. The summed E-state index contributed by atoms with van der Waals surface area (Å²) in [6, 6.07) is 4.34. The second-order valence-corrected chi connectivity index (χ2v) is 8.95. The van der Waals surface area contributed by atoms with Crippen molar-refractivity contribution in [2.45, 2.75) is 30.6 Å². The van der Waals surface area contributed by atoms with Gasteiger partial charge in [0.15, 0.2) is 0 Å². The van der Waals surface area contributed by atoms with Crippen molar-refractivity contribution in [3.05, 3.63) is 28.3 Å². The first-order chi connectivity index (χ1) is 12.4. The predicted octanol–water partition coefficient (Wildman–Crippen LogP) is 1.91. The van der Waals surface area contributed by atoms with Gasteiger partial charge in [0, 0.05) is 45.3 Å². The third kappa shape index (κ3) is 3.99. The van der Waals surface area contributed by atoms with Crippen LogP contribution < -0.4 is 4.90 Å². The summed E-state index contributed by atoms with van der Waals surface area (Å²) in [5.41, 5.74) is 0.364. The number of rotatable bonds is 4. The van der Waals surface area contributed by atoms with Crippen molar-refractivity contribution in [2.75, 3.05) is 51.2 Å². The lowest BCUT2D eigenvalue weighted by molar-refractivity contribution is -0.384. The predicted molar refractivity (Wildman–Crippen MR) is 100 cm³/mol. The fourth-order valence-electron chi connectivity index (χ4n) is 3.56. The van der Waals surface area contributed by atoms with E-state index in [4.69, 9.17) is 0 Å². The minimum atomic E-state index is -3.70. The van der Waals surface area contributed by atoms with E-state index in [0.29, 0.717) is 31.9 Å². The molecular weight excluding hydrogens is 356 g/mol. The van der Waals surface area contributed by atoms with E-state index in [1.54, 1.807) is 6.07 Å². The van der Waals surface area contributed by atoms with Gasteiger partial charge in [0.2, 0.25) is 10.0 Å². The second kappa shape index (κ2) is 7.89. The first kappa shape index (κ1) is 19.1. The normalized spacial score (nSPS) is 20.7. The van der Waals surface area contributed by atoms with E-state index in [2.05, 4.69) is 4.90 Å². The van der Waals surface area contributed by atoms with Crippen LogP contribution in [0.4, 0.5) is 11.4 Å². The topological polar surface area (TPSA) is 87.0 Å². The number of nitro benzene ring substituents is 1. The van der Waals surface area contributed by atoms with Gasteiger partial charge in [0.05, 0.1) is 9.82 Å². The number of nitro groups is 1. The fourth-order valence-corrected chi connectivity index (χ4v) is 5.09. The molecule has 0 saturated carbocycles. The number of likely N-dealkylation sites (N-methyl/N-ethyl adjacent to an activating group) is 1. The molecule has 2 heterocycles. The summed E-state index contributed by atoms with van der Waals surface area (Å²) >= 11 is 0. The highest BCUT2D eigenvalue weighted by Crippen LogP contribution is 2.32. The van der Waals surface area contributed by atoms with Crippen LogP contribution in [0.2, 0.25) is 0 Å². The molecule has 9 heteroatoms. The van der Waals surface area contributed by atoms with Crippen LogP contribution in [0.3, 0.4) is 0 Å². The summed E-state index contributed by atoms with van der Waals surface area (Å²) in [4.78, 5) is 15.3. The number of nitrogens with zero attached hydrogens (tertiary/aromatic N) is 4. The molecule has 0 aliphatic carbocycles. The van der Waals surface area contributed by atoms with Crippen LogP contribution in [-0.4, -0.2) is 68.9 Å². The summed E-state index contributed by atoms with van der Waals surface area (Å²) < 4.78 is 27.3. The van der Waals surface area contributed by atoms with Crippen LogP contribution >= 0.6 is 0 Å². The molecule has 0 atom stereocenters. The molecule has 0 N–H and O–H groups in total. The van der Waals surface area contributed by atoms with E-state index < -0.39 is 14.9 Å². The summed E-state index contributed by atoms with van der Waals surface area (Å²) in [6.45, 7) is 3.99. The van der Waals surface area contributed by atoms with Crippen LogP contribution in [0.15, 0.2) is 23.1 Å². The Morgan fingerprint density at radius 3 is 2.15 bits per heavy atom. The van der Waals surface area contributed by atoms with Crippen LogP contribution in [0.25, 0.3) is 0 Å². The van der Waals surface area contributed by atoms with E-state index in [1.165, 1.54) is 16.4 Å². The number of benzene rings is 1. The van der Waals surface area contributed by atoms with Gasteiger partial charge >= 0.3 is 0 Å². The number of sulfonamides is 1. The van der Waals surface area contributed by atoms with Crippen molar-refractivity contribution in [1.29, 1.82) is 0 Å². The number of anilines is 1. The molecule has 0 spiro atoms. The van der Waals surface area contributed by atoms with Crippen molar-refractivity contribution in [3.63, 3.8) is 0 Å². The highest BCUT2D eigenvalue weighted by Gasteiger charge is 2.29. The van der Waals surface area contributed by atoms with Gasteiger partial charge in [-0.15, -0.1) is 0 Å². The van der Waals surface area contributed by atoms with Gasteiger partial charge in [-0.3, -0.25) is 10.1 Å². The molecule has 2 aliphatic rings. The molecule has 144 valence electrons. The highest BCUT2D eigenvalue weighted by molar-refractivity contribution is 7.89. The van der Waals surface area contributed by atoms with Crippen LogP contribution in [0.1, 0.15) is 25.7 Å². The Bertz CT molecular complexity index is 752. The Labute approximate surface area is 154 Å².